The Bertz CT molecular complexity index is 681. The molecule has 2 aromatic rings. The van der Waals surface area contributed by atoms with Gasteiger partial charge in [-0.05, 0) is 46.9 Å². The van der Waals surface area contributed by atoms with Crippen molar-refractivity contribution in [3.8, 4) is 11.5 Å². The van der Waals surface area contributed by atoms with Gasteiger partial charge in [0.05, 0.1) is 14.2 Å². The summed E-state index contributed by atoms with van der Waals surface area (Å²) in [6.07, 6.45) is 0. The van der Waals surface area contributed by atoms with Crippen molar-refractivity contribution in [1.82, 2.24) is 0 Å². The van der Waals surface area contributed by atoms with Crippen molar-refractivity contribution in [2.24, 2.45) is 11.8 Å². The zero-order valence-corrected chi connectivity index (χ0v) is 14.3. The van der Waals surface area contributed by atoms with Crippen molar-refractivity contribution in [2.45, 2.75) is 25.7 Å². The van der Waals surface area contributed by atoms with Gasteiger partial charge in [0.25, 0.3) is 0 Å². The lowest BCUT2D eigenvalue weighted by Crippen LogP contribution is -2.40. The molecule has 0 heterocycles. The molecule has 128 valence electrons. The fourth-order valence-corrected chi connectivity index (χ4v) is 3.93. The summed E-state index contributed by atoms with van der Waals surface area (Å²) in [6, 6.07) is 9.83. The molecule has 1 aliphatic carbocycles. The summed E-state index contributed by atoms with van der Waals surface area (Å²) in [7, 11) is 3.02. The van der Waals surface area contributed by atoms with Gasteiger partial charge in [0.2, 0.25) is 0 Å². The van der Waals surface area contributed by atoms with Gasteiger partial charge in [0.1, 0.15) is 23.1 Å². The summed E-state index contributed by atoms with van der Waals surface area (Å²) in [5.41, 5.74) is 1.25. The molecule has 1 aliphatic rings. The van der Waals surface area contributed by atoms with E-state index in [0.29, 0.717) is 22.6 Å². The van der Waals surface area contributed by atoms with Crippen molar-refractivity contribution in [3.63, 3.8) is 0 Å². The first kappa shape index (κ1) is 16.7. The minimum Gasteiger partial charge on any atom is -0.497 e. The number of methoxy groups -OCH3 is 2. The highest BCUT2D eigenvalue weighted by Gasteiger charge is 2.48. The van der Waals surface area contributed by atoms with Gasteiger partial charge in [0.15, 0.2) is 0 Å². The Morgan fingerprint density at radius 1 is 0.708 bits per heavy atom. The van der Waals surface area contributed by atoms with Crippen LogP contribution in [-0.4, -0.2) is 14.2 Å². The van der Waals surface area contributed by atoms with E-state index in [1.807, 2.05) is 0 Å². The van der Waals surface area contributed by atoms with E-state index < -0.39 is 0 Å². The number of hydrogen-bond acceptors (Lipinski definition) is 2. The zero-order chi connectivity index (χ0) is 17.4. The van der Waals surface area contributed by atoms with Crippen molar-refractivity contribution in [3.05, 3.63) is 59.2 Å². The van der Waals surface area contributed by atoms with Gasteiger partial charge < -0.3 is 9.47 Å². The Labute approximate surface area is 141 Å². The molecular weight excluding hydrogens is 310 g/mol. The van der Waals surface area contributed by atoms with Crippen LogP contribution >= 0.6 is 0 Å². The number of rotatable bonds is 4. The zero-order valence-electron chi connectivity index (χ0n) is 14.3. The second-order valence-electron chi connectivity index (χ2n) is 6.54. The molecule has 0 aliphatic heterocycles. The predicted molar refractivity (Wildman–Crippen MR) is 89.7 cm³/mol. The van der Waals surface area contributed by atoms with E-state index >= 15 is 0 Å². The first-order valence-corrected chi connectivity index (χ1v) is 8.14. The van der Waals surface area contributed by atoms with Crippen molar-refractivity contribution < 1.29 is 18.3 Å². The van der Waals surface area contributed by atoms with Gasteiger partial charge in [-0.1, -0.05) is 26.0 Å². The Morgan fingerprint density at radius 2 is 1.08 bits per heavy atom. The summed E-state index contributed by atoms with van der Waals surface area (Å²) in [6.45, 7) is 4.19. The second-order valence-corrected chi connectivity index (χ2v) is 6.54. The number of benzene rings is 2. The van der Waals surface area contributed by atoms with E-state index in [0.717, 1.165) is 0 Å². The van der Waals surface area contributed by atoms with Crippen LogP contribution in [0.3, 0.4) is 0 Å². The van der Waals surface area contributed by atoms with Crippen LogP contribution in [0.15, 0.2) is 36.4 Å². The van der Waals surface area contributed by atoms with Crippen LogP contribution in [0.5, 0.6) is 11.5 Å². The van der Waals surface area contributed by atoms with Crippen LogP contribution in [0.2, 0.25) is 0 Å². The minimum absolute atomic E-state index is 0.0474. The fraction of sp³-hybridized carbons (Fsp3) is 0.400. The quantitative estimate of drug-likeness (QED) is 0.772. The van der Waals surface area contributed by atoms with Crippen LogP contribution in [0, 0.1) is 23.5 Å². The highest BCUT2D eigenvalue weighted by Crippen LogP contribution is 2.58. The Hall–Kier alpha value is -2.10. The molecule has 3 rings (SSSR count). The van der Waals surface area contributed by atoms with E-state index in [9.17, 15) is 8.78 Å². The van der Waals surface area contributed by atoms with Crippen molar-refractivity contribution in [1.29, 1.82) is 0 Å². The molecular formula is C20H22F2O2. The lowest BCUT2D eigenvalue weighted by Gasteiger charge is -2.50. The molecule has 0 N–H and O–H groups in total. The largest absolute Gasteiger partial charge is 0.497 e. The molecule has 1 fully saturated rings. The molecule has 24 heavy (non-hydrogen) atoms. The average Bonchev–Trinajstić information content (AvgIpc) is 2.60. The SMILES string of the molecule is COc1ccc(C2C(C)C(C)C2c2ccc(OC)cc2F)c(F)c1. The molecule has 0 bridgehead atoms. The maximum Gasteiger partial charge on any atom is 0.130 e. The van der Waals surface area contributed by atoms with Crippen LogP contribution in [-0.2, 0) is 0 Å². The van der Waals surface area contributed by atoms with Gasteiger partial charge in [0, 0.05) is 12.1 Å². The van der Waals surface area contributed by atoms with Crippen molar-refractivity contribution >= 4 is 0 Å². The maximum absolute atomic E-state index is 14.5. The van der Waals surface area contributed by atoms with Crippen molar-refractivity contribution in [2.75, 3.05) is 14.2 Å². The molecule has 2 aromatic carbocycles. The number of hydrogen-bond donors (Lipinski definition) is 0. The molecule has 4 unspecified atom stereocenters. The predicted octanol–water partition coefficient (Wildman–Crippen LogP) is 5.14. The normalized spacial score (nSPS) is 25.9. The average molecular weight is 332 g/mol. The third-order valence-corrected chi connectivity index (χ3v) is 5.48. The smallest absolute Gasteiger partial charge is 0.130 e. The van der Waals surface area contributed by atoms with Gasteiger partial charge in [-0.15, -0.1) is 0 Å². The molecule has 0 radical (unpaired) electrons. The third kappa shape index (κ3) is 2.64. The van der Waals surface area contributed by atoms with Crippen LogP contribution in [0.1, 0.15) is 36.8 Å². The summed E-state index contributed by atoms with van der Waals surface area (Å²) in [5.74, 6) is 0.849. The van der Waals surface area contributed by atoms with E-state index in [-0.39, 0.29) is 35.3 Å². The first-order chi connectivity index (χ1) is 11.5. The highest BCUT2D eigenvalue weighted by atomic mass is 19.1. The Morgan fingerprint density at radius 3 is 1.38 bits per heavy atom. The summed E-state index contributed by atoms with van der Waals surface area (Å²) >= 11 is 0. The molecule has 1 saturated carbocycles. The van der Waals surface area contributed by atoms with Gasteiger partial charge in [-0.3, -0.25) is 0 Å². The standard InChI is InChI=1S/C20H22F2O2/c1-11-12(2)20(16-8-6-14(24-4)10-18(16)22)19(11)15-7-5-13(23-3)9-17(15)21/h5-12,19-20H,1-4H3. The van der Waals surface area contributed by atoms with Crippen LogP contribution in [0.25, 0.3) is 0 Å². The minimum atomic E-state index is -0.294. The summed E-state index contributed by atoms with van der Waals surface area (Å²) in [5, 5.41) is 0. The van der Waals surface area contributed by atoms with Crippen LogP contribution < -0.4 is 9.47 Å². The second kappa shape index (κ2) is 6.42. The monoisotopic (exact) mass is 332 g/mol. The molecule has 4 atom stereocenters. The Balaban J connectivity index is 1.99. The molecule has 0 saturated heterocycles. The molecule has 0 amide bonds. The van der Waals surface area contributed by atoms with Gasteiger partial charge >= 0.3 is 0 Å². The molecule has 0 aromatic heterocycles. The van der Waals surface area contributed by atoms with Gasteiger partial charge in [-0.2, -0.15) is 0 Å². The summed E-state index contributed by atoms with van der Waals surface area (Å²) < 4.78 is 39.2. The Kier molecular flexibility index (Phi) is 4.48. The lowest BCUT2D eigenvalue weighted by molar-refractivity contribution is 0.116. The molecule has 2 nitrogen and oxygen atoms in total. The topological polar surface area (TPSA) is 18.5 Å². The fourth-order valence-electron chi connectivity index (χ4n) is 3.93. The van der Waals surface area contributed by atoms with E-state index in [4.69, 9.17) is 9.47 Å². The van der Waals surface area contributed by atoms with Gasteiger partial charge in [-0.25, -0.2) is 8.78 Å². The first-order valence-electron chi connectivity index (χ1n) is 8.14. The molecule has 4 heteroatoms. The van der Waals surface area contributed by atoms with E-state index in [1.165, 1.54) is 26.4 Å². The molecule has 0 spiro atoms. The maximum atomic E-state index is 14.5. The number of halogens is 2. The van der Waals surface area contributed by atoms with E-state index in [1.54, 1.807) is 24.3 Å². The summed E-state index contributed by atoms with van der Waals surface area (Å²) in [4.78, 5) is 0. The number of ether oxygens (including phenoxy) is 2. The highest BCUT2D eigenvalue weighted by molar-refractivity contribution is 5.40. The third-order valence-electron chi connectivity index (χ3n) is 5.48. The van der Waals surface area contributed by atoms with Crippen LogP contribution in [0.4, 0.5) is 8.78 Å². The lowest BCUT2D eigenvalue weighted by atomic mass is 9.54. The van der Waals surface area contributed by atoms with E-state index in [2.05, 4.69) is 13.8 Å².